The Hall–Kier alpha value is -2.58. The molecule has 0 aliphatic heterocycles. The Morgan fingerprint density at radius 1 is 1.42 bits per heavy atom. The molecule has 5 heteroatoms. The molecule has 0 spiro atoms. The monoisotopic (exact) mass is 255 g/mol. The Labute approximate surface area is 110 Å². The summed E-state index contributed by atoms with van der Waals surface area (Å²) >= 11 is 0. The first-order chi connectivity index (χ1) is 9.31. The van der Waals surface area contributed by atoms with E-state index in [9.17, 15) is 4.79 Å². The molecule has 0 radical (unpaired) electrons. The van der Waals surface area contributed by atoms with Crippen LogP contribution in [0, 0.1) is 11.8 Å². The number of nitrogens with one attached hydrogen (secondary N) is 1. The molecule has 1 amide bonds. The second-order valence-corrected chi connectivity index (χ2v) is 3.67. The highest BCUT2D eigenvalue weighted by molar-refractivity contribution is 5.94. The SMILES string of the molecule is NCC#Cc1cccnc1C(=O)NCc1ccco1. The number of furan rings is 1. The molecule has 0 aliphatic rings. The second-order valence-electron chi connectivity index (χ2n) is 3.67. The number of pyridine rings is 1. The van der Waals surface area contributed by atoms with Crippen LogP contribution in [0.4, 0.5) is 0 Å². The van der Waals surface area contributed by atoms with Crippen LogP contribution in [0.1, 0.15) is 21.8 Å². The van der Waals surface area contributed by atoms with Gasteiger partial charge in [0.15, 0.2) is 0 Å². The topological polar surface area (TPSA) is 81.1 Å². The summed E-state index contributed by atoms with van der Waals surface area (Å²) in [5.41, 5.74) is 6.17. The summed E-state index contributed by atoms with van der Waals surface area (Å²) in [6.07, 6.45) is 3.11. The number of amides is 1. The largest absolute Gasteiger partial charge is 0.467 e. The zero-order valence-corrected chi connectivity index (χ0v) is 10.2. The molecule has 2 rings (SSSR count). The molecule has 0 unspecified atom stereocenters. The van der Waals surface area contributed by atoms with E-state index in [4.69, 9.17) is 10.2 Å². The average Bonchev–Trinajstić information content (AvgIpc) is 2.96. The lowest BCUT2D eigenvalue weighted by Crippen LogP contribution is -2.24. The molecule has 0 fully saturated rings. The van der Waals surface area contributed by atoms with Crippen molar-refractivity contribution in [3.63, 3.8) is 0 Å². The van der Waals surface area contributed by atoms with Gasteiger partial charge in [-0.15, -0.1) is 0 Å². The van der Waals surface area contributed by atoms with Gasteiger partial charge in [-0.3, -0.25) is 4.79 Å². The van der Waals surface area contributed by atoms with Crippen molar-refractivity contribution < 1.29 is 9.21 Å². The number of carbonyl (C=O) groups is 1. The standard InChI is InChI=1S/C14H13N3O2/c15-7-1-4-11-5-2-8-16-13(11)14(18)17-10-12-6-3-9-19-12/h2-3,5-6,8-9H,7,10,15H2,(H,17,18). The Morgan fingerprint density at radius 2 is 2.32 bits per heavy atom. The van der Waals surface area contributed by atoms with Crippen LogP contribution in [0.2, 0.25) is 0 Å². The lowest BCUT2D eigenvalue weighted by atomic mass is 10.2. The molecular formula is C14H13N3O2. The van der Waals surface area contributed by atoms with Crippen LogP contribution in [0.25, 0.3) is 0 Å². The minimum absolute atomic E-state index is 0.238. The van der Waals surface area contributed by atoms with Gasteiger partial charge in [0.05, 0.1) is 24.9 Å². The predicted octanol–water partition coefficient (Wildman–Crippen LogP) is 0.915. The Kier molecular flexibility index (Phi) is 4.32. The second kappa shape index (κ2) is 6.38. The quantitative estimate of drug-likeness (QED) is 0.799. The van der Waals surface area contributed by atoms with Crippen LogP contribution < -0.4 is 11.1 Å². The maximum Gasteiger partial charge on any atom is 0.271 e. The van der Waals surface area contributed by atoms with Gasteiger partial charge in [0, 0.05) is 6.20 Å². The van der Waals surface area contributed by atoms with E-state index in [2.05, 4.69) is 22.1 Å². The van der Waals surface area contributed by atoms with Crippen LogP contribution in [-0.4, -0.2) is 17.4 Å². The van der Waals surface area contributed by atoms with Crippen molar-refractivity contribution in [1.29, 1.82) is 0 Å². The molecule has 0 saturated carbocycles. The summed E-state index contributed by atoms with van der Waals surface area (Å²) in [7, 11) is 0. The number of hydrogen-bond donors (Lipinski definition) is 2. The van der Waals surface area contributed by atoms with E-state index < -0.39 is 0 Å². The number of nitrogens with zero attached hydrogens (tertiary/aromatic N) is 1. The molecule has 0 saturated heterocycles. The Balaban J connectivity index is 2.10. The molecule has 5 nitrogen and oxygen atoms in total. The van der Waals surface area contributed by atoms with Gasteiger partial charge in [-0.05, 0) is 24.3 Å². The minimum Gasteiger partial charge on any atom is -0.467 e. The van der Waals surface area contributed by atoms with Crippen molar-refractivity contribution >= 4 is 5.91 Å². The van der Waals surface area contributed by atoms with Crippen molar-refractivity contribution in [3.05, 3.63) is 53.7 Å². The van der Waals surface area contributed by atoms with Gasteiger partial charge in [0.25, 0.3) is 5.91 Å². The molecule has 3 N–H and O–H groups in total. The smallest absolute Gasteiger partial charge is 0.271 e. The van der Waals surface area contributed by atoms with Crippen molar-refractivity contribution in [2.45, 2.75) is 6.54 Å². The number of rotatable bonds is 3. The third-order valence-corrected chi connectivity index (χ3v) is 2.35. The van der Waals surface area contributed by atoms with Gasteiger partial charge in [0.2, 0.25) is 0 Å². The summed E-state index contributed by atoms with van der Waals surface area (Å²) in [5, 5.41) is 2.72. The van der Waals surface area contributed by atoms with E-state index in [1.54, 1.807) is 36.7 Å². The predicted molar refractivity (Wildman–Crippen MR) is 70.0 cm³/mol. The van der Waals surface area contributed by atoms with E-state index in [1.807, 2.05) is 0 Å². The first-order valence-electron chi connectivity index (χ1n) is 5.76. The highest BCUT2D eigenvalue weighted by atomic mass is 16.3. The van der Waals surface area contributed by atoms with E-state index in [-0.39, 0.29) is 18.1 Å². The molecular weight excluding hydrogens is 242 g/mol. The maximum absolute atomic E-state index is 12.0. The fourth-order valence-electron chi connectivity index (χ4n) is 1.50. The van der Waals surface area contributed by atoms with E-state index >= 15 is 0 Å². The van der Waals surface area contributed by atoms with E-state index in [0.717, 1.165) is 0 Å². The highest BCUT2D eigenvalue weighted by Crippen LogP contribution is 2.05. The summed E-state index contributed by atoms with van der Waals surface area (Å²) < 4.78 is 5.14. The van der Waals surface area contributed by atoms with Crippen LogP contribution in [-0.2, 0) is 6.54 Å². The summed E-state index contributed by atoms with van der Waals surface area (Å²) in [5.74, 6) is 5.92. The first kappa shape index (κ1) is 12.9. The van der Waals surface area contributed by atoms with Crippen molar-refractivity contribution in [1.82, 2.24) is 10.3 Å². The van der Waals surface area contributed by atoms with Gasteiger partial charge in [-0.25, -0.2) is 4.98 Å². The van der Waals surface area contributed by atoms with Crippen LogP contribution in [0.3, 0.4) is 0 Å². The van der Waals surface area contributed by atoms with Crippen molar-refractivity contribution in [2.24, 2.45) is 5.73 Å². The number of hydrogen-bond acceptors (Lipinski definition) is 4. The molecule has 0 bridgehead atoms. The van der Waals surface area contributed by atoms with Gasteiger partial charge < -0.3 is 15.5 Å². The molecule has 2 aromatic heterocycles. The lowest BCUT2D eigenvalue weighted by Gasteiger charge is -2.04. The van der Waals surface area contributed by atoms with Gasteiger partial charge in [-0.1, -0.05) is 11.8 Å². The first-order valence-corrected chi connectivity index (χ1v) is 5.76. The number of nitrogens with two attached hydrogens (primary N) is 1. The third kappa shape index (κ3) is 3.44. The van der Waals surface area contributed by atoms with Crippen LogP contribution in [0.5, 0.6) is 0 Å². The molecule has 2 heterocycles. The Morgan fingerprint density at radius 3 is 3.05 bits per heavy atom. The van der Waals surface area contributed by atoms with Gasteiger partial charge in [0.1, 0.15) is 11.5 Å². The lowest BCUT2D eigenvalue weighted by molar-refractivity contribution is 0.0943. The maximum atomic E-state index is 12.0. The summed E-state index contributed by atoms with van der Waals surface area (Å²) in [4.78, 5) is 16.1. The van der Waals surface area contributed by atoms with Crippen molar-refractivity contribution in [3.8, 4) is 11.8 Å². The summed E-state index contributed by atoms with van der Waals surface area (Å²) in [6, 6.07) is 7.01. The fourth-order valence-corrected chi connectivity index (χ4v) is 1.50. The molecule has 0 aliphatic carbocycles. The van der Waals surface area contributed by atoms with E-state index in [0.29, 0.717) is 17.9 Å². The normalized spacial score (nSPS) is 9.53. The van der Waals surface area contributed by atoms with Gasteiger partial charge >= 0.3 is 0 Å². The zero-order chi connectivity index (χ0) is 13.5. The molecule has 2 aromatic rings. The summed E-state index contributed by atoms with van der Waals surface area (Å²) in [6.45, 7) is 0.550. The van der Waals surface area contributed by atoms with Crippen LogP contribution >= 0.6 is 0 Å². The Bertz CT molecular complexity index is 609. The molecule has 96 valence electrons. The van der Waals surface area contributed by atoms with Gasteiger partial charge in [-0.2, -0.15) is 0 Å². The van der Waals surface area contributed by atoms with E-state index in [1.165, 1.54) is 0 Å². The fraction of sp³-hybridized carbons (Fsp3) is 0.143. The third-order valence-electron chi connectivity index (χ3n) is 2.35. The molecule has 0 atom stereocenters. The number of carbonyl (C=O) groups excluding carboxylic acids is 1. The number of aromatic nitrogens is 1. The molecule has 19 heavy (non-hydrogen) atoms. The zero-order valence-electron chi connectivity index (χ0n) is 10.2. The highest BCUT2D eigenvalue weighted by Gasteiger charge is 2.11. The minimum atomic E-state index is -0.293. The average molecular weight is 255 g/mol. The van der Waals surface area contributed by atoms with Crippen LogP contribution in [0.15, 0.2) is 41.1 Å². The van der Waals surface area contributed by atoms with Crippen molar-refractivity contribution in [2.75, 3.05) is 6.54 Å². The molecule has 0 aromatic carbocycles.